The fourth-order valence-corrected chi connectivity index (χ4v) is 3.46. The van der Waals surface area contributed by atoms with Gasteiger partial charge in [0, 0.05) is 12.3 Å². The van der Waals surface area contributed by atoms with E-state index in [2.05, 4.69) is 0 Å². The number of benzene rings is 2. The average molecular weight is 414 g/mol. The Kier molecular flexibility index (Phi) is 5.07. The van der Waals surface area contributed by atoms with Gasteiger partial charge in [0.25, 0.3) is 5.56 Å². The number of rotatable bonds is 3. The lowest BCUT2D eigenvalue weighted by Crippen LogP contribution is -2.43. The number of hydrogen-bond donors (Lipinski definition) is 0. The summed E-state index contributed by atoms with van der Waals surface area (Å²) in [5.41, 5.74) is -0.356. The van der Waals surface area contributed by atoms with Crippen LogP contribution in [0.5, 0.6) is 5.75 Å². The Bertz CT molecular complexity index is 1130. The SMILES string of the molecule is O=C(Cn1cc(C(F)(F)F)ccc1=O)N1c2ccccc2OC[C@H]1c1ccccc1. The van der Waals surface area contributed by atoms with Crippen molar-refractivity contribution in [2.45, 2.75) is 18.8 Å². The average Bonchev–Trinajstić information content (AvgIpc) is 2.74. The van der Waals surface area contributed by atoms with E-state index < -0.39 is 35.8 Å². The van der Waals surface area contributed by atoms with Crippen LogP contribution in [0.15, 0.2) is 77.7 Å². The zero-order valence-electron chi connectivity index (χ0n) is 15.7. The molecule has 5 nitrogen and oxygen atoms in total. The highest BCUT2D eigenvalue weighted by molar-refractivity contribution is 5.96. The summed E-state index contributed by atoms with van der Waals surface area (Å²) in [7, 11) is 0. The van der Waals surface area contributed by atoms with Crippen molar-refractivity contribution in [3.63, 3.8) is 0 Å². The van der Waals surface area contributed by atoms with E-state index in [4.69, 9.17) is 4.74 Å². The van der Waals surface area contributed by atoms with Crippen LogP contribution in [0.3, 0.4) is 0 Å². The van der Waals surface area contributed by atoms with Gasteiger partial charge < -0.3 is 9.30 Å². The maximum Gasteiger partial charge on any atom is 0.417 e. The summed E-state index contributed by atoms with van der Waals surface area (Å²) >= 11 is 0. The van der Waals surface area contributed by atoms with E-state index in [0.29, 0.717) is 23.7 Å². The predicted molar refractivity (Wildman–Crippen MR) is 104 cm³/mol. The molecule has 4 rings (SSSR count). The first kappa shape index (κ1) is 19.8. The minimum absolute atomic E-state index is 0.185. The molecule has 8 heteroatoms. The standard InChI is InChI=1S/C22H17F3N2O3/c23-22(24,25)16-10-11-20(28)26(12-16)13-21(29)27-17-8-4-5-9-19(17)30-14-18(27)15-6-2-1-3-7-15/h1-12,18H,13-14H2/t18-/m0/s1. The molecule has 1 amide bonds. The summed E-state index contributed by atoms with van der Waals surface area (Å²) in [5, 5.41) is 0. The third-order valence-corrected chi connectivity index (χ3v) is 4.90. The summed E-state index contributed by atoms with van der Waals surface area (Å²) in [6, 6.07) is 17.2. The first-order chi connectivity index (χ1) is 14.3. The van der Waals surface area contributed by atoms with E-state index in [1.54, 1.807) is 24.3 Å². The number of halogens is 3. The number of para-hydroxylation sites is 2. The van der Waals surface area contributed by atoms with E-state index in [1.807, 2.05) is 30.3 Å². The molecule has 3 aromatic rings. The Morgan fingerprint density at radius 2 is 1.70 bits per heavy atom. The largest absolute Gasteiger partial charge is 0.489 e. The molecule has 1 aromatic heterocycles. The van der Waals surface area contributed by atoms with Crippen molar-refractivity contribution in [1.82, 2.24) is 4.57 Å². The number of hydrogen-bond acceptors (Lipinski definition) is 3. The molecule has 1 aliphatic heterocycles. The summed E-state index contributed by atoms with van der Waals surface area (Å²) in [4.78, 5) is 26.9. The third-order valence-electron chi connectivity index (χ3n) is 4.90. The Morgan fingerprint density at radius 3 is 2.43 bits per heavy atom. The molecule has 0 bridgehead atoms. The molecule has 0 radical (unpaired) electrons. The van der Waals surface area contributed by atoms with Crippen molar-refractivity contribution in [3.8, 4) is 5.75 Å². The van der Waals surface area contributed by atoms with Gasteiger partial charge in [-0.15, -0.1) is 0 Å². The number of fused-ring (bicyclic) bond motifs is 1. The lowest BCUT2D eigenvalue weighted by atomic mass is 10.0. The van der Waals surface area contributed by atoms with E-state index >= 15 is 0 Å². The minimum Gasteiger partial charge on any atom is -0.489 e. The molecule has 1 aliphatic rings. The van der Waals surface area contributed by atoms with E-state index in [0.717, 1.165) is 16.2 Å². The highest BCUT2D eigenvalue weighted by Gasteiger charge is 2.34. The zero-order valence-corrected chi connectivity index (χ0v) is 15.7. The summed E-state index contributed by atoms with van der Waals surface area (Å²) in [6.07, 6.45) is -3.94. The van der Waals surface area contributed by atoms with Gasteiger partial charge in [-0.3, -0.25) is 14.5 Å². The number of pyridine rings is 1. The third kappa shape index (κ3) is 3.80. The van der Waals surface area contributed by atoms with Crippen LogP contribution >= 0.6 is 0 Å². The molecule has 0 unspecified atom stereocenters. The lowest BCUT2D eigenvalue weighted by Gasteiger charge is -2.37. The Labute approximate surface area is 169 Å². The smallest absolute Gasteiger partial charge is 0.417 e. The van der Waals surface area contributed by atoms with Crippen molar-refractivity contribution >= 4 is 11.6 Å². The molecule has 1 atom stereocenters. The van der Waals surface area contributed by atoms with Crippen LogP contribution in [0.4, 0.5) is 18.9 Å². The van der Waals surface area contributed by atoms with Crippen molar-refractivity contribution in [2.24, 2.45) is 0 Å². The number of ether oxygens (including phenoxy) is 1. The van der Waals surface area contributed by atoms with Crippen molar-refractivity contribution in [2.75, 3.05) is 11.5 Å². The first-order valence-corrected chi connectivity index (χ1v) is 9.21. The maximum absolute atomic E-state index is 13.3. The molecule has 30 heavy (non-hydrogen) atoms. The summed E-state index contributed by atoms with van der Waals surface area (Å²) < 4.78 is 45.7. The Balaban J connectivity index is 1.73. The second-order valence-electron chi connectivity index (χ2n) is 6.85. The van der Waals surface area contributed by atoms with Gasteiger partial charge in [0.1, 0.15) is 18.9 Å². The van der Waals surface area contributed by atoms with Crippen LogP contribution in [0, 0.1) is 0 Å². The fraction of sp³-hybridized carbons (Fsp3) is 0.182. The summed E-state index contributed by atoms with van der Waals surface area (Å²) in [5.74, 6) is -0.0181. The van der Waals surface area contributed by atoms with Gasteiger partial charge in [-0.25, -0.2) is 0 Å². The van der Waals surface area contributed by atoms with Crippen molar-refractivity contribution < 1.29 is 22.7 Å². The number of alkyl halides is 3. The van der Waals surface area contributed by atoms with Crippen LogP contribution in [0.2, 0.25) is 0 Å². The van der Waals surface area contributed by atoms with Crippen LogP contribution in [-0.2, 0) is 17.5 Å². The fourth-order valence-electron chi connectivity index (χ4n) is 3.46. The monoisotopic (exact) mass is 414 g/mol. The topological polar surface area (TPSA) is 51.5 Å². The molecule has 2 aromatic carbocycles. The summed E-state index contributed by atoms with van der Waals surface area (Å²) in [6.45, 7) is -0.343. The number of nitrogens with zero attached hydrogens (tertiary/aromatic N) is 2. The predicted octanol–water partition coefficient (Wildman–Crippen LogP) is 4.03. The number of carbonyl (C=O) groups is 1. The van der Waals surface area contributed by atoms with E-state index in [9.17, 15) is 22.8 Å². The molecule has 0 spiro atoms. The van der Waals surface area contributed by atoms with Crippen LogP contribution in [-0.4, -0.2) is 17.1 Å². The number of carbonyl (C=O) groups excluding carboxylic acids is 1. The van der Waals surface area contributed by atoms with Crippen LogP contribution in [0.1, 0.15) is 17.2 Å². The first-order valence-electron chi connectivity index (χ1n) is 9.21. The van der Waals surface area contributed by atoms with Crippen LogP contribution in [0.25, 0.3) is 0 Å². The van der Waals surface area contributed by atoms with E-state index in [1.165, 1.54) is 4.90 Å². The highest BCUT2D eigenvalue weighted by atomic mass is 19.4. The second-order valence-corrected chi connectivity index (χ2v) is 6.85. The van der Waals surface area contributed by atoms with Crippen LogP contribution < -0.4 is 15.2 Å². The molecule has 2 heterocycles. The molecule has 0 fully saturated rings. The van der Waals surface area contributed by atoms with Crippen molar-refractivity contribution in [3.05, 3.63) is 94.4 Å². The second kappa shape index (κ2) is 7.70. The highest BCUT2D eigenvalue weighted by Crippen LogP contribution is 2.39. The van der Waals surface area contributed by atoms with Gasteiger partial charge in [-0.1, -0.05) is 42.5 Å². The Hall–Kier alpha value is -3.55. The van der Waals surface area contributed by atoms with Gasteiger partial charge in [0.05, 0.1) is 17.3 Å². The van der Waals surface area contributed by atoms with Gasteiger partial charge in [0.15, 0.2) is 0 Å². The molecule has 0 saturated heterocycles. The lowest BCUT2D eigenvalue weighted by molar-refractivity contribution is -0.138. The van der Waals surface area contributed by atoms with Gasteiger partial charge in [-0.05, 0) is 23.8 Å². The minimum atomic E-state index is -4.61. The molecular weight excluding hydrogens is 397 g/mol. The van der Waals surface area contributed by atoms with E-state index in [-0.39, 0.29) is 6.61 Å². The van der Waals surface area contributed by atoms with Gasteiger partial charge in [-0.2, -0.15) is 13.2 Å². The Morgan fingerprint density at radius 1 is 1.00 bits per heavy atom. The maximum atomic E-state index is 13.3. The van der Waals surface area contributed by atoms with Crippen molar-refractivity contribution in [1.29, 1.82) is 0 Å². The zero-order chi connectivity index (χ0) is 21.3. The molecule has 154 valence electrons. The van der Waals surface area contributed by atoms with Gasteiger partial charge >= 0.3 is 6.18 Å². The molecular formula is C22H17F3N2O3. The number of amides is 1. The molecule has 0 saturated carbocycles. The molecule has 0 N–H and O–H groups in total. The van der Waals surface area contributed by atoms with Gasteiger partial charge in [0.2, 0.25) is 5.91 Å². The normalized spacial score (nSPS) is 16.0. The quantitative estimate of drug-likeness (QED) is 0.650. The number of anilines is 1. The molecule has 0 aliphatic carbocycles. The number of aromatic nitrogens is 1.